The van der Waals surface area contributed by atoms with Crippen LogP contribution in [-0.2, 0) is 19.2 Å². The second kappa shape index (κ2) is 17.7. The fourth-order valence-electron chi connectivity index (χ4n) is 5.38. The Hall–Kier alpha value is -5.24. The van der Waals surface area contributed by atoms with Gasteiger partial charge in [-0.25, -0.2) is 9.59 Å². The Labute approximate surface area is 305 Å². The number of rotatable bonds is 16. The number of fused-ring (bicyclic) bond motifs is 2. The highest BCUT2D eigenvalue weighted by Crippen LogP contribution is 2.44. The number of nitrogens with one attached hydrogen (secondary N) is 4. The molecule has 2 aromatic rings. The molecule has 3 rings (SSSR count). The minimum Gasteiger partial charge on any atom is -0.419 e. The third kappa shape index (κ3) is 10.9. The standard InChI is InChI=1S/C34H40F6N6O8/c1-15(2)13-17(41)29(49)45-11-9-43-19-5-6-20(44-10-12-46-30(50)18(42)14-16(3)4)24-23(19)27(47)25-21(53-31(51)33(35,36)37)7-8-22(26(25)28(24)48)54-32(52)34(38,39)40/h5-8,15-18,43-44H,9-14,41-42H2,1-4H3,(H,45,49)(H,46,50)/t17-,18-/m0/s1. The lowest BCUT2D eigenvalue weighted by molar-refractivity contribution is -0.190. The van der Waals surface area contributed by atoms with Crippen LogP contribution in [0.2, 0.25) is 0 Å². The van der Waals surface area contributed by atoms with Gasteiger partial charge in [0.05, 0.1) is 34.3 Å². The van der Waals surface area contributed by atoms with Gasteiger partial charge in [-0.05, 0) is 48.9 Å². The number of ketones is 2. The summed E-state index contributed by atoms with van der Waals surface area (Å²) in [5, 5.41) is 10.8. The van der Waals surface area contributed by atoms with Gasteiger partial charge in [0.15, 0.2) is 0 Å². The molecule has 0 aliphatic heterocycles. The first kappa shape index (κ1) is 43.2. The zero-order chi connectivity index (χ0) is 40.7. The normalized spacial score (nSPS) is 13.8. The number of anilines is 2. The summed E-state index contributed by atoms with van der Waals surface area (Å²) < 4.78 is 88.0. The van der Waals surface area contributed by atoms with E-state index in [-0.39, 0.29) is 49.4 Å². The third-order valence-corrected chi connectivity index (χ3v) is 7.71. The maximum absolute atomic E-state index is 14.2. The van der Waals surface area contributed by atoms with Crippen molar-refractivity contribution in [3.05, 3.63) is 46.5 Å². The van der Waals surface area contributed by atoms with Crippen molar-refractivity contribution in [1.82, 2.24) is 10.6 Å². The van der Waals surface area contributed by atoms with Crippen molar-refractivity contribution in [2.45, 2.75) is 65.0 Å². The van der Waals surface area contributed by atoms with Crippen LogP contribution in [-0.4, -0.2) is 85.9 Å². The van der Waals surface area contributed by atoms with E-state index in [4.69, 9.17) is 11.5 Å². The second-order valence-electron chi connectivity index (χ2n) is 13.1. The first-order valence-electron chi connectivity index (χ1n) is 16.6. The van der Waals surface area contributed by atoms with Gasteiger partial charge in [-0.3, -0.25) is 19.2 Å². The number of benzene rings is 2. The highest BCUT2D eigenvalue weighted by molar-refractivity contribution is 6.33. The Balaban J connectivity index is 2.09. The summed E-state index contributed by atoms with van der Waals surface area (Å²) in [6.45, 7) is 7.13. The van der Waals surface area contributed by atoms with Crippen molar-refractivity contribution in [1.29, 1.82) is 0 Å². The largest absolute Gasteiger partial charge is 0.491 e. The quantitative estimate of drug-likeness (QED) is 0.0535. The number of halogens is 6. The van der Waals surface area contributed by atoms with Crippen LogP contribution in [0.25, 0.3) is 0 Å². The summed E-state index contributed by atoms with van der Waals surface area (Å²) in [5.74, 6) is -11.3. The van der Waals surface area contributed by atoms with Crippen LogP contribution < -0.4 is 42.2 Å². The Bertz CT molecular complexity index is 1650. The number of alkyl halides is 6. The van der Waals surface area contributed by atoms with E-state index in [0.717, 1.165) is 0 Å². The predicted molar refractivity (Wildman–Crippen MR) is 181 cm³/mol. The maximum atomic E-state index is 14.2. The Morgan fingerprint density at radius 2 is 0.926 bits per heavy atom. The topological polar surface area (TPSA) is 221 Å². The molecule has 0 radical (unpaired) electrons. The summed E-state index contributed by atoms with van der Waals surface area (Å²) in [6, 6.07) is 1.86. The summed E-state index contributed by atoms with van der Waals surface area (Å²) in [4.78, 5) is 76.8. The maximum Gasteiger partial charge on any atom is 0.491 e. The summed E-state index contributed by atoms with van der Waals surface area (Å²) in [6.07, 6.45) is -10.4. The molecular weight excluding hydrogens is 734 g/mol. The molecule has 54 heavy (non-hydrogen) atoms. The molecular formula is C34H40F6N6O8. The zero-order valence-corrected chi connectivity index (χ0v) is 29.5. The number of amides is 2. The molecule has 2 atom stereocenters. The molecule has 2 amide bonds. The van der Waals surface area contributed by atoms with Crippen LogP contribution >= 0.6 is 0 Å². The minimum absolute atomic E-state index is 0.0667. The number of carbonyl (C=O) groups excluding carboxylic acids is 6. The van der Waals surface area contributed by atoms with E-state index >= 15 is 0 Å². The van der Waals surface area contributed by atoms with E-state index in [2.05, 4.69) is 30.7 Å². The molecule has 14 nitrogen and oxygen atoms in total. The fraction of sp³-hybridized carbons (Fsp3) is 0.471. The van der Waals surface area contributed by atoms with Crippen LogP contribution in [0.1, 0.15) is 72.4 Å². The van der Waals surface area contributed by atoms with Gasteiger partial charge in [0.1, 0.15) is 11.5 Å². The molecule has 0 bridgehead atoms. The van der Waals surface area contributed by atoms with Crippen LogP contribution in [0.4, 0.5) is 37.7 Å². The summed E-state index contributed by atoms with van der Waals surface area (Å²) >= 11 is 0. The van der Waals surface area contributed by atoms with Gasteiger partial charge >= 0.3 is 24.3 Å². The fourth-order valence-corrected chi connectivity index (χ4v) is 5.38. The van der Waals surface area contributed by atoms with Crippen molar-refractivity contribution >= 4 is 46.7 Å². The Kier molecular flexibility index (Phi) is 14.2. The van der Waals surface area contributed by atoms with Gasteiger partial charge in [-0.2, -0.15) is 26.3 Å². The van der Waals surface area contributed by atoms with Gasteiger partial charge < -0.3 is 42.2 Å². The molecule has 8 N–H and O–H groups in total. The molecule has 0 saturated heterocycles. The smallest absolute Gasteiger partial charge is 0.419 e. The second-order valence-corrected chi connectivity index (χ2v) is 13.1. The van der Waals surface area contributed by atoms with Gasteiger partial charge in [0.2, 0.25) is 23.4 Å². The lowest BCUT2D eigenvalue weighted by Crippen LogP contribution is -2.43. The highest BCUT2D eigenvalue weighted by atomic mass is 19.4. The van der Waals surface area contributed by atoms with Crippen molar-refractivity contribution < 1.29 is 64.6 Å². The van der Waals surface area contributed by atoms with Crippen LogP contribution in [0, 0.1) is 11.8 Å². The van der Waals surface area contributed by atoms with E-state index < -0.39 is 93.5 Å². The molecule has 296 valence electrons. The molecule has 0 aromatic heterocycles. The lowest BCUT2D eigenvalue weighted by Gasteiger charge is -2.26. The average molecular weight is 775 g/mol. The van der Waals surface area contributed by atoms with Crippen molar-refractivity contribution in [2.75, 3.05) is 36.8 Å². The molecule has 0 saturated carbocycles. The van der Waals surface area contributed by atoms with E-state index in [0.29, 0.717) is 25.0 Å². The monoisotopic (exact) mass is 774 g/mol. The van der Waals surface area contributed by atoms with Crippen molar-refractivity contribution in [3.63, 3.8) is 0 Å². The van der Waals surface area contributed by atoms with Crippen LogP contribution in [0.15, 0.2) is 24.3 Å². The molecule has 20 heteroatoms. The van der Waals surface area contributed by atoms with Gasteiger partial charge in [-0.15, -0.1) is 0 Å². The minimum atomic E-state index is -5.60. The Morgan fingerprint density at radius 1 is 0.593 bits per heavy atom. The molecule has 2 aromatic carbocycles. The van der Waals surface area contributed by atoms with E-state index in [1.54, 1.807) is 0 Å². The van der Waals surface area contributed by atoms with Crippen LogP contribution in [0.3, 0.4) is 0 Å². The number of ether oxygens (including phenoxy) is 2. The van der Waals surface area contributed by atoms with Gasteiger partial charge in [0.25, 0.3) is 0 Å². The first-order chi connectivity index (χ1) is 25.0. The molecule has 0 heterocycles. The molecule has 0 fully saturated rings. The van der Waals surface area contributed by atoms with E-state index in [1.807, 2.05) is 27.7 Å². The van der Waals surface area contributed by atoms with E-state index in [9.17, 15) is 55.1 Å². The number of hydrogen-bond donors (Lipinski definition) is 6. The molecule has 1 aliphatic rings. The number of esters is 2. The third-order valence-electron chi connectivity index (χ3n) is 7.71. The summed E-state index contributed by atoms with van der Waals surface area (Å²) in [5.41, 5.74) is 8.28. The van der Waals surface area contributed by atoms with Gasteiger partial charge in [0, 0.05) is 37.6 Å². The molecule has 1 aliphatic carbocycles. The van der Waals surface area contributed by atoms with Crippen LogP contribution in [0.5, 0.6) is 11.5 Å². The first-order valence-corrected chi connectivity index (χ1v) is 16.6. The highest BCUT2D eigenvalue weighted by Gasteiger charge is 2.46. The molecule has 0 spiro atoms. The predicted octanol–water partition coefficient (Wildman–Crippen LogP) is 3.20. The number of carbonyl (C=O) groups is 6. The van der Waals surface area contributed by atoms with Crippen molar-refractivity contribution in [2.24, 2.45) is 23.3 Å². The zero-order valence-electron chi connectivity index (χ0n) is 29.5. The summed E-state index contributed by atoms with van der Waals surface area (Å²) in [7, 11) is 0. The lowest BCUT2D eigenvalue weighted by atomic mass is 9.81. The number of nitrogens with two attached hydrogens (primary N) is 2. The average Bonchev–Trinajstić information content (AvgIpc) is 3.06. The number of hydrogen-bond acceptors (Lipinski definition) is 12. The van der Waals surface area contributed by atoms with E-state index in [1.165, 1.54) is 12.1 Å². The van der Waals surface area contributed by atoms with Crippen molar-refractivity contribution in [3.8, 4) is 11.5 Å². The van der Waals surface area contributed by atoms with Gasteiger partial charge in [-0.1, -0.05) is 27.7 Å². The Morgan fingerprint density at radius 3 is 1.22 bits per heavy atom. The molecule has 0 unspecified atom stereocenters. The SMILES string of the molecule is CC(C)C[C@H](N)C(=O)NCCNc1ccc(NCCNC(=O)[C@@H](N)CC(C)C)c2c1C(=O)c1c(OC(=O)C(F)(F)F)ccc(OC(=O)C(F)(F)F)c1C2=O.